The van der Waals surface area contributed by atoms with E-state index in [1.54, 1.807) is 6.92 Å². The predicted molar refractivity (Wildman–Crippen MR) is 188 cm³/mol. The van der Waals surface area contributed by atoms with Crippen molar-refractivity contribution >= 4 is 40.5 Å². The summed E-state index contributed by atoms with van der Waals surface area (Å²) in [4.78, 5) is 0. The lowest BCUT2D eigenvalue weighted by atomic mass is 9.65. The zero-order chi connectivity index (χ0) is 39.1. The van der Waals surface area contributed by atoms with Gasteiger partial charge in [0.2, 0.25) is 0 Å². The Kier molecular flexibility index (Phi) is 13.7. The third kappa shape index (κ3) is 10.7. The van der Waals surface area contributed by atoms with Crippen molar-refractivity contribution in [3.63, 3.8) is 0 Å². The molecule has 53 heavy (non-hydrogen) atoms. The fourth-order valence-corrected chi connectivity index (χ4v) is 13.2. The van der Waals surface area contributed by atoms with Gasteiger partial charge in [0, 0.05) is 24.6 Å². The van der Waals surface area contributed by atoms with E-state index in [0.717, 1.165) is 0 Å². The van der Waals surface area contributed by atoms with Crippen LogP contribution >= 0.6 is 0 Å². The second-order valence-electron chi connectivity index (χ2n) is 15.1. The van der Waals surface area contributed by atoms with Gasteiger partial charge in [0.1, 0.15) is 34.4 Å². The maximum absolute atomic E-state index is 12.7. The van der Waals surface area contributed by atoms with E-state index < -0.39 is 123 Å². The Labute approximate surface area is 310 Å². The summed E-state index contributed by atoms with van der Waals surface area (Å²) in [6, 6.07) is -4.28. The third-order valence-electron chi connectivity index (χ3n) is 11.5. The summed E-state index contributed by atoms with van der Waals surface area (Å²) >= 11 is 0. The van der Waals surface area contributed by atoms with Crippen LogP contribution in [0.4, 0.5) is 0 Å². The highest BCUT2D eigenvalue weighted by Crippen LogP contribution is 2.45. The van der Waals surface area contributed by atoms with Crippen molar-refractivity contribution < 1.29 is 61.7 Å². The van der Waals surface area contributed by atoms with Crippen LogP contribution in [0.15, 0.2) is 10.2 Å². The van der Waals surface area contributed by atoms with Gasteiger partial charge in [-0.1, -0.05) is 19.8 Å². The van der Waals surface area contributed by atoms with Crippen LogP contribution in [0.25, 0.3) is 0 Å². The predicted octanol–water partition coefficient (Wildman–Crippen LogP) is -1.03. The highest BCUT2D eigenvalue weighted by molar-refractivity contribution is 7.87. The van der Waals surface area contributed by atoms with Gasteiger partial charge in [-0.15, -0.1) is 0 Å². The molecule has 10 N–H and O–H groups in total. The fourth-order valence-electron chi connectivity index (χ4n) is 8.95. The molecule has 0 radical (unpaired) electrons. The first-order valence-electron chi connectivity index (χ1n) is 17.9. The molecule has 0 bridgehead atoms. The van der Waals surface area contributed by atoms with E-state index in [1.165, 1.54) is 0 Å². The number of aliphatic hydroxyl groups is 1. The van der Waals surface area contributed by atoms with Crippen molar-refractivity contribution in [2.24, 2.45) is 28.0 Å². The Morgan fingerprint density at radius 2 is 1.28 bits per heavy atom. The second-order valence-corrected chi connectivity index (χ2v) is 21.7. The molecular weight excluding hydrogens is 787 g/mol. The molecule has 1 aliphatic heterocycles. The molecule has 4 saturated carbocycles. The molecule has 25 heteroatoms. The lowest BCUT2D eigenvalue weighted by molar-refractivity contribution is -0.0608. The molecule has 0 aromatic rings. The van der Waals surface area contributed by atoms with Gasteiger partial charge in [-0.05, 0) is 70.1 Å². The summed E-state index contributed by atoms with van der Waals surface area (Å²) < 4.78 is 145. The first-order valence-corrected chi connectivity index (χ1v) is 23.9. The average molecular weight is 840 g/mol. The number of nitrogens with one attached hydrogen (secondary N) is 5. The highest BCUT2D eigenvalue weighted by Gasteiger charge is 2.56. The van der Waals surface area contributed by atoms with E-state index in [4.69, 9.17) is 4.74 Å². The van der Waals surface area contributed by atoms with Gasteiger partial charge in [-0.3, -0.25) is 44.8 Å². The molecule has 1 saturated heterocycles. The summed E-state index contributed by atoms with van der Waals surface area (Å²) in [5.41, 5.74) is 0. The number of fused-ring (bicyclic) bond motifs is 1. The van der Waals surface area contributed by atoms with Crippen LogP contribution in [0, 0.1) is 17.8 Å². The molecule has 5 rings (SSSR count). The molecule has 0 aromatic carbocycles. The second kappa shape index (κ2) is 16.8. The Balaban J connectivity index is 1.43. The minimum atomic E-state index is -4.94. The minimum Gasteiger partial charge on any atom is -0.390 e. The van der Waals surface area contributed by atoms with E-state index in [-0.39, 0.29) is 51.0 Å². The quantitative estimate of drug-likeness (QED) is 0.0830. The maximum atomic E-state index is 12.7. The normalized spacial score (nSPS) is 42.3. The van der Waals surface area contributed by atoms with Crippen LogP contribution in [0.3, 0.4) is 0 Å². The van der Waals surface area contributed by atoms with Crippen LogP contribution in [0.5, 0.6) is 0 Å². The van der Waals surface area contributed by atoms with Crippen LogP contribution in [-0.2, 0) is 45.2 Å². The molecule has 0 aromatic heterocycles. The minimum absolute atomic E-state index is 0.0501. The van der Waals surface area contributed by atoms with Crippen LogP contribution in [-0.4, -0.2) is 134 Å². The number of hydrogen-bond donors (Lipinski definition) is 10. The van der Waals surface area contributed by atoms with Gasteiger partial charge < -0.3 is 9.84 Å². The topological polar surface area (TPSA) is 332 Å². The summed E-state index contributed by atoms with van der Waals surface area (Å²) in [6.45, 7) is 3.79. The molecular formula is C28H53N7O14S4. The van der Waals surface area contributed by atoms with Crippen molar-refractivity contribution in [2.45, 2.75) is 148 Å². The van der Waals surface area contributed by atoms with Gasteiger partial charge in [0.15, 0.2) is 6.35 Å². The average Bonchev–Trinajstić information content (AvgIpc) is 3.03. The smallest absolute Gasteiger partial charge is 0.270 e. The molecule has 15 atom stereocenters. The van der Waals surface area contributed by atoms with Gasteiger partial charge in [0.05, 0.1) is 17.4 Å². The van der Waals surface area contributed by atoms with Crippen LogP contribution < -0.4 is 26.6 Å². The number of rotatable bonds is 12. The number of aliphatic hydroxyl groups excluding tert-OH is 1. The van der Waals surface area contributed by atoms with Crippen LogP contribution in [0.2, 0.25) is 0 Å². The number of hydrogen-bond acceptors (Lipinski definition) is 17. The molecule has 1 heterocycles. The largest absolute Gasteiger partial charge is 0.390 e. The molecule has 4 aliphatic carbocycles. The number of nitrogens with zero attached hydrogens (tertiary/aromatic N) is 2. The van der Waals surface area contributed by atoms with Gasteiger partial charge in [-0.2, -0.15) is 43.9 Å². The summed E-state index contributed by atoms with van der Waals surface area (Å²) in [5.74, 6) is -1.87. The van der Waals surface area contributed by atoms with Gasteiger partial charge in [0.25, 0.3) is 40.5 Å². The van der Waals surface area contributed by atoms with E-state index >= 15 is 0 Å². The van der Waals surface area contributed by atoms with Gasteiger partial charge in [-0.25, -0.2) is 0 Å². The Bertz CT molecular complexity index is 1760. The summed E-state index contributed by atoms with van der Waals surface area (Å²) in [7, 11) is -18.6. The molecule has 21 nitrogen and oxygen atoms in total. The zero-order valence-electron chi connectivity index (χ0n) is 29.4. The number of azo groups is 1. The lowest BCUT2D eigenvalue weighted by Gasteiger charge is -2.51. The first-order chi connectivity index (χ1) is 24.6. The van der Waals surface area contributed by atoms with Crippen LogP contribution in [0.1, 0.15) is 78.1 Å². The molecule has 308 valence electrons. The van der Waals surface area contributed by atoms with Gasteiger partial charge >= 0.3 is 0 Å². The maximum Gasteiger partial charge on any atom is 0.270 e. The van der Waals surface area contributed by atoms with Crippen molar-refractivity contribution in [1.29, 1.82) is 0 Å². The van der Waals surface area contributed by atoms with E-state index in [0.29, 0.717) is 25.7 Å². The monoisotopic (exact) mass is 839 g/mol. The number of ether oxygens (including phenoxy) is 1. The third-order valence-corrected chi connectivity index (χ3v) is 16.5. The molecule has 15 unspecified atom stereocenters. The fraction of sp³-hybridized carbons (Fsp3) is 1.00. The molecule has 0 spiro atoms. The van der Waals surface area contributed by atoms with E-state index in [2.05, 4.69) is 36.8 Å². The van der Waals surface area contributed by atoms with E-state index in [1.807, 2.05) is 6.92 Å². The summed E-state index contributed by atoms with van der Waals surface area (Å²) in [6.07, 6.45) is -2.32. The van der Waals surface area contributed by atoms with Crippen molar-refractivity contribution in [2.75, 3.05) is 6.61 Å². The van der Waals surface area contributed by atoms with Crippen molar-refractivity contribution in [3.8, 4) is 0 Å². The first kappa shape index (κ1) is 43.1. The SMILES string of the molecule is CCOC1NC(NC2CC(S(=O)(=O)O)CC3CC(S(=O)(=O)O)C(N=NC4CCC(C)CC4S(=O)(=O)O)C(O)C32)NC(NC2CCCCC2S(=O)(=O)O)N1. The zero-order valence-corrected chi connectivity index (χ0v) is 32.6. The Morgan fingerprint density at radius 1 is 0.679 bits per heavy atom. The standard InChI is InChI=1S/C28H53N7O14S4/c1-3-49-28-32-26(29-17-6-4-5-7-20(17)51(40,41)42)31-27(33-28)30-19-13-16(50(37,38)39)11-15-12-22(53(46,47)48)24(25(36)23(15)19)35-34-18-9-8-14(2)10-21(18)52(43,44)45/h14-33,36H,3-13H2,1-2H3,(H,37,38,39)(H,40,41,42)(H,43,44,45)(H,46,47,48). The lowest BCUT2D eigenvalue weighted by Crippen LogP contribution is -2.78. The Hall–Kier alpha value is -1.04. The Morgan fingerprint density at radius 3 is 1.87 bits per heavy atom. The molecule has 5 fully saturated rings. The summed E-state index contributed by atoms with van der Waals surface area (Å²) in [5, 5.41) is 30.3. The van der Waals surface area contributed by atoms with E-state index in [9.17, 15) is 57.0 Å². The van der Waals surface area contributed by atoms with Crippen molar-refractivity contribution in [1.82, 2.24) is 26.6 Å². The molecule has 5 aliphatic rings. The van der Waals surface area contributed by atoms with Crippen molar-refractivity contribution in [3.05, 3.63) is 0 Å². The molecule has 0 amide bonds. The highest BCUT2D eigenvalue weighted by atomic mass is 32.2.